The lowest BCUT2D eigenvalue weighted by molar-refractivity contribution is 0.0724. The fourth-order valence-corrected chi connectivity index (χ4v) is 2.76. The van der Waals surface area contributed by atoms with Crippen molar-refractivity contribution in [1.29, 1.82) is 0 Å². The second-order valence-corrected chi connectivity index (χ2v) is 4.15. The standard InChI is InChI=1S/C10H13N3O/c14-10(9-5-6-11-12-9)13-7-1-2-8(13)4-3-7/h5-8H,1-4H2,(H,11,12). The minimum absolute atomic E-state index is 0.132. The van der Waals surface area contributed by atoms with E-state index in [9.17, 15) is 4.79 Å². The maximum absolute atomic E-state index is 12.0. The lowest BCUT2D eigenvalue weighted by Crippen LogP contribution is -2.35. The lowest BCUT2D eigenvalue weighted by Gasteiger charge is -2.20. The van der Waals surface area contributed by atoms with E-state index >= 15 is 0 Å². The summed E-state index contributed by atoms with van der Waals surface area (Å²) in [5.41, 5.74) is 0.629. The summed E-state index contributed by atoms with van der Waals surface area (Å²) in [5, 5.41) is 6.55. The van der Waals surface area contributed by atoms with Gasteiger partial charge in [-0.05, 0) is 31.7 Å². The molecule has 0 unspecified atom stereocenters. The van der Waals surface area contributed by atoms with Crippen LogP contribution in [0.15, 0.2) is 12.3 Å². The molecule has 1 aromatic rings. The van der Waals surface area contributed by atoms with Gasteiger partial charge in [-0.15, -0.1) is 0 Å². The Hall–Kier alpha value is -1.32. The molecule has 0 radical (unpaired) electrons. The van der Waals surface area contributed by atoms with Gasteiger partial charge in [-0.3, -0.25) is 9.89 Å². The second kappa shape index (κ2) is 2.83. The molecular weight excluding hydrogens is 178 g/mol. The van der Waals surface area contributed by atoms with E-state index in [2.05, 4.69) is 10.2 Å². The molecule has 0 saturated carbocycles. The average molecular weight is 191 g/mol. The predicted molar refractivity (Wildman–Crippen MR) is 50.8 cm³/mol. The van der Waals surface area contributed by atoms with Gasteiger partial charge >= 0.3 is 0 Å². The summed E-state index contributed by atoms with van der Waals surface area (Å²) in [5.74, 6) is 0.132. The average Bonchev–Trinajstić information content (AvgIpc) is 2.94. The van der Waals surface area contributed by atoms with E-state index < -0.39 is 0 Å². The van der Waals surface area contributed by atoms with Gasteiger partial charge in [-0.1, -0.05) is 0 Å². The van der Waals surface area contributed by atoms with Crippen molar-refractivity contribution in [3.8, 4) is 0 Å². The van der Waals surface area contributed by atoms with Crippen LogP contribution < -0.4 is 0 Å². The van der Waals surface area contributed by atoms with Crippen molar-refractivity contribution in [3.05, 3.63) is 18.0 Å². The zero-order valence-electron chi connectivity index (χ0n) is 7.94. The Balaban J connectivity index is 1.87. The Morgan fingerprint density at radius 3 is 2.50 bits per heavy atom. The molecule has 3 rings (SSSR count). The predicted octanol–water partition coefficient (Wildman–Crippen LogP) is 1.18. The molecule has 0 aliphatic carbocycles. The van der Waals surface area contributed by atoms with Gasteiger partial charge in [-0.2, -0.15) is 5.10 Å². The Labute approximate surface area is 82.3 Å². The highest BCUT2D eigenvalue weighted by molar-refractivity contribution is 5.93. The first-order valence-corrected chi connectivity index (χ1v) is 5.18. The van der Waals surface area contributed by atoms with Crippen molar-refractivity contribution in [1.82, 2.24) is 15.1 Å². The second-order valence-electron chi connectivity index (χ2n) is 4.15. The van der Waals surface area contributed by atoms with Crippen LogP contribution in [0.1, 0.15) is 36.2 Å². The van der Waals surface area contributed by atoms with Gasteiger partial charge in [0.05, 0.1) is 0 Å². The fourth-order valence-electron chi connectivity index (χ4n) is 2.76. The zero-order valence-corrected chi connectivity index (χ0v) is 7.94. The summed E-state index contributed by atoms with van der Waals surface area (Å²) in [4.78, 5) is 14.1. The maximum atomic E-state index is 12.0. The third-order valence-corrected chi connectivity index (χ3v) is 3.42. The first kappa shape index (κ1) is 8.03. The molecule has 0 atom stereocenters. The molecule has 0 spiro atoms. The van der Waals surface area contributed by atoms with Gasteiger partial charge in [0.2, 0.25) is 0 Å². The van der Waals surface area contributed by atoms with Crippen molar-refractivity contribution in [3.63, 3.8) is 0 Å². The van der Waals surface area contributed by atoms with E-state index in [0.717, 1.165) is 0 Å². The van der Waals surface area contributed by atoms with Gasteiger partial charge in [0.25, 0.3) is 5.91 Å². The molecule has 14 heavy (non-hydrogen) atoms. The lowest BCUT2D eigenvalue weighted by atomic mass is 10.0. The monoisotopic (exact) mass is 191 g/mol. The molecule has 2 bridgehead atoms. The third-order valence-electron chi connectivity index (χ3n) is 3.42. The van der Waals surface area contributed by atoms with E-state index in [4.69, 9.17) is 0 Å². The summed E-state index contributed by atoms with van der Waals surface area (Å²) in [6.07, 6.45) is 6.37. The fraction of sp³-hybridized carbons (Fsp3) is 0.600. The van der Waals surface area contributed by atoms with Crippen LogP contribution in [0.5, 0.6) is 0 Å². The summed E-state index contributed by atoms with van der Waals surface area (Å²) >= 11 is 0. The summed E-state index contributed by atoms with van der Waals surface area (Å²) < 4.78 is 0. The van der Waals surface area contributed by atoms with E-state index in [1.807, 2.05) is 4.90 Å². The summed E-state index contributed by atoms with van der Waals surface area (Å²) in [6, 6.07) is 2.74. The molecule has 3 heterocycles. The van der Waals surface area contributed by atoms with E-state index in [0.29, 0.717) is 17.8 Å². The van der Waals surface area contributed by atoms with Crippen LogP contribution in [-0.2, 0) is 0 Å². The highest BCUT2D eigenvalue weighted by Gasteiger charge is 2.42. The highest BCUT2D eigenvalue weighted by Crippen LogP contribution is 2.37. The van der Waals surface area contributed by atoms with Crippen LogP contribution in [0.4, 0.5) is 0 Å². The number of H-pyrrole nitrogens is 1. The van der Waals surface area contributed by atoms with E-state index in [1.54, 1.807) is 12.3 Å². The number of hydrogen-bond donors (Lipinski definition) is 1. The quantitative estimate of drug-likeness (QED) is 0.724. The number of carbonyl (C=O) groups is 1. The Morgan fingerprint density at radius 2 is 2.00 bits per heavy atom. The molecular formula is C10H13N3O. The number of fused-ring (bicyclic) bond motifs is 2. The first-order valence-electron chi connectivity index (χ1n) is 5.18. The third kappa shape index (κ3) is 0.997. The van der Waals surface area contributed by atoms with Crippen LogP contribution in [0.25, 0.3) is 0 Å². The molecule has 1 N–H and O–H groups in total. The number of carbonyl (C=O) groups excluding carboxylic acids is 1. The van der Waals surface area contributed by atoms with Gasteiger partial charge in [0.1, 0.15) is 5.69 Å². The normalized spacial score (nSPS) is 29.9. The highest BCUT2D eigenvalue weighted by atomic mass is 16.2. The molecule has 4 nitrogen and oxygen atoms in total. The largest absolute Gasteiger partial charge is 0.331 e. The minimum Gasteiger partial charge on any atom is -0.331 e. The van der Waals surface area contributed by atoms with Crippen molar-refractivity contribution < 1.29 is 4.79 Å². The maximum Gasteiger partial charge on any atom is 0.272 e. The molecule has 0 aromatic carbocycles. The minimum atomic E-state index is 0.132. The smallest absolute Gasteiger partial charge is 0.272 e. The summed E-state index contributed by atoms with van der Waals surface area (Å²) in [7, 11) is 0. The zero-order chi connectivity index (χ0) is 9.54. The number of aromatic amines is 1. The van der Waals surface area contributed by atoms with Crippen molar-refractivity contribution >= 4 is 5.91 Å². The topological polar surface area (TPSA) is 49.0 Å². The van der Waals surface area contributed by atoms with Crippen molar-refractivity contribution in [2.24, 2.45) is 0 Å². The molecule has 2 fully saturated rings. The Kier molecular flexibility index (Phi) is 1.63. The van der Waals surface area contributed by atoms with Gasteiger partial charge in [0.15, 0.2) is 0 Å². The number of nitrogens with one attached hydrogen (secondary N) is 1. The van der Waals surface area contributed by atoms with E-state index in [1.165, 1.54) is 25.7 Å². The molecule has 1 amide bonds. The van der Waals surface area contributed by atoms with Crippen LogP contribution in [-0.4, -0.2) is 33.1 Å². The van der Waals surface area contributed by atoms with Crippen molar-refractivity contribution in [2.45, 2.75) is 37.8 Å². The SMILES string of the molecule is O=C(c1ccn[nH]1)N1C2CCC1CC2. The van der Waals surface area contributed by atoms with Crippen LogP contribution in [0.2, 0.25) is 0 Å². The van der Waals surface area contributed by atoms with Crippen LogP contribution in [0.3, 0.4) is 0 Å². The molecule has 1 aromatic heterocycles. The summed E-state index contributed by atoms with van der Waals surface area (Å²) in [6.45, 7) is 0. The number of aromatic nitrogens is 2. The van der Waals surface area contributed by atoms with E-state index in [-0.39, 0.29) is 5.91 Å². The number of amides is 1. The molecule has 74 valence electrons. The molecule has 2 aliphatic rings. The first-order chi connectivity index (χ1) is 6.86. The van der Waals surface area contributed by atoms with Crippen LogP contribution >= 0.6 is 0 Å². The molecule has 2 aliphatic heterocycles. The van der Waals surface area contributed by atoms with Gasteiger partial charge in [0, 0.05) is 18.3 Å². The Bertz CT molecular complexity index is 326. The number of hydrogen-bond acceptors (Lipinski definition) is 2. The van der Waals surface area contributed by atoms with Crippen molar-refractivity contribution in [2.75, 3.05) is 0 Å². The number of rotatable bonds is 1. The van der Waals surface area contributed by atoms with Crippen LogP contribution in [0, 0.1) is 0 Å². The van der Waals surface area contributed by atoms with Gasteiger partial charge in [-0.25, -0.2) is 0 Å². The molecule has 2 saturated heterocycles. The Morgan fingerprint density at radius 1 is 1.36 bits per heavy atom. The molecule has 4 heteroatoms. The van der Waals surface area contributed by atoms with Gasteiger partial charge < -0.3 is 4.90 Å². The number of nitrogens with zero attached hydrogens (tertiary/aromatic N) is 2.